The minimum absolute atomic E-state index is 0.135. The van der Waals surface area contributed by atoms with E-state index in [9.17, 15) is 9.90 Å². The van der Waals surface area contributed by atoms with Crippen molar-refractivity contribution < 1.29 is 9.90 Å². The highest BCUT2D eigenvalue weighted by Gasteiger charge is 2.43. The van der Waals surface area contributed by atoms with Gasteiger partial charge in [-0.25, -0.2) is 0 Å². The maximum atomic E-state index is 12.9. The summed E-state index contributed by atoms with van der Waals surface area (Å²) in [6.07, 6.45) is 10.2. The Morgan fingerprint density at radius 3 is 2.83 bits per heavy atom. The first kappa shape index (κ1) is 19.5. The third-order valence-electron chi connectivity index (χ3n) is 7.25. The first-order valence-corrected chi connectivity index (χ1v) is 11.4. The molecule has 1 aliphatic carbocycles. The van der Waals surface area contributed by atoms with Crippen LogP contribution in [-0.4, -0.2) is 56.1 Å². The molecule has 3 saturated heterocycles. The van der Waals surface area contributed by atoms with Gasteiger partial charge in [-0.1, -0.05) is 36.6 Å². The SMILES string of the molecule is O=C(NC1CCCCC1)[C@H]1CN2CC[C@@H]1C[C@@H]2Cn1cc(-c2cccc(O)c2)nn1. The minimum Gasteiger partial charge on any atom is -0.508 e. The summed E-state index contributed by atoms with van der Waals surface area (Å²) in [6, 6.07) is 7.89. The topological polar surface area (TPSA) is 83.3 Å². The molecule has 7 heteroatoms. The van der Waals surface area contributed by atoms with Crippen LogP contribution in [0, 0.1) is 11.8 Å². The molecule has 4 heterocycles. The number of amides is 1. The molecule has 3 aliphatic heterocycles. The van der Waals surface area contributed by atoms with Crippen LogP contribution in [0.4, 0.5) is 0 Å². The number of nitrogens with one attached hydrogen (secondary N) is 1. The van der Waals surface area contributed by atoms with Gasteiger partial charge >= 0.3 is 0 Å². The van der Waals surface area contributed by atoms with Crippen LogP contribution in [0.15, 0.2) is 30.5 Å². The number of carbonyl (C=O) groups is 1. The Balaban J connectivity index is 1.20. The third-order valence-corrected chi connectivity index (χ3v) is 7.25. The van der Waals surface area contributed by atoms with E-state index in [-0.39, 0.29) is 17.6 Å². The molecule has 7 nitrogen and oxygen atoms in total. The van der Waals surface area contributed by atoms with Gasteiger partial charge in [0.25, 0.3) is 0 Å². The largest absolute Gasteiger partial charge is 0.508 e. The van der Waals surface area contributed by atoms with Gasteiger partial charge in [-0.3, -0.25) is 14.4 Å². The van der Waals surface area contributed by atoms with E-state index >= 15 is 0 Å². The van der Waals surface area contributed by atoms with Crippen LogP contribution < -0.4 is 5.32 Å². The van der Waals surface area contributed by atoms with Gasteiger partial charge in [0.1, 0.15) is 11.4 Å². The summed E-state index contributed by atoms with van der Waals surface area (Å²) in [5.41, 5.74) is 1.64. The average molecular weight is 410 g/mol. The number of phenols is 1. The molecule has 0 spiro atoms. The molecule has 160 valence electrons. The molecule has 6 rings (SSSR count). The predicted octanol–water partition coefficient (Wildman–Crippen LogP) is 2.81. The molecule has 1 amide bonds. The van der Waals surface area contributed by atoms with Gasteiger partial charge in [0.15, 0.2) is 0 Å². The molecular formula is C23H31N5O2. The number of phenolic OH excluding ortho intramolecular Hbond substituents is 1. The minimum atomic E-state index is 0.135. The van der Waals surface area contributed by atoms with Crippen LogP contribution in [0.3, 0.4) is 0 Å². The monoisotopic (exact) mass is 409 g/mol. The van der Waals surface area contributed by atoms with Gasteiger partial charge in [0.05, 0.1) is 18.7 Å². The number of piperidine rings is 3. The Morgan fingerprint density at radius 2 is 2.07 bits per heavy atom. The Morgan fingerprint density at radius 1 is 1.20 bits per heavy atom. The lowest BCUT2D eigenvalue weighted by molar-refractivity contribution is -0.134. The van der Waals surface area contributed by atoms with E-state index < -0.39 is 0 Å². The lowest BCUT2D eigenvalue weighted by Crippen LogP contribution is -2.58. The highest BCUT2D eigenvalue weighted by molar-refractivity contribution is 5.79. The molecule has 2 aromatic rings. The van der Waals surface area contributed by atoms with Crippen molar-refractivity contribution in [1.82, 2.24) is 25.2 Å². The van der Waals surface area contributed by atoms with E-state index in [4.69, 9.17) is 0 Å². The van der Waals surface area contributed by atoms with Gasteiger partial charge in [-0.05, 0) is 50.3 Å². The number of hydrogen-bond acceptors (Lipinski definition) is 5. The number of aromatic hydroxyl groups is 1. The highest BCUT2D eigenvalue weighted by Crippen LogP contribution is 2.37. The number of nitrogens with zero attached hydrogens (tertiary/aromatic N) is 4. The van der Waals surface area contributed by atoms with Crippen molar-refractivity contribution in [1.29, 1.82) is 0 Å². The zero-order valence-corrected chi connectivity index (χ0v) is 17.4. The Hall–Kier alpha value is -2.41. The Bertz CT molecular complexity index is 891. The lowest BCUT2D eigenvalue weighted by atomic mass is 9.75. The molecule has 1 aromatic heterocycles. The van der Waals surface area contributed by atoms with Crippen molar-refractivity contribution in [3.8, 4) is 17.0 Å². The number of rotatable bonds is 5. The fourth-order valence-corrected chi connectivity index (χ4v) is 5.58. The van der Waals surface area contributed by atoms with Crippen LogP contribution in [0.2, 0.25) is 0 Å². The van der Waals surface area contributed by atoms with Gasteiger partial charge in [0, 0.05) is 24.2 Å². The third kappa shape index (κ3) is 4.08. The molecule has 2 N–H and O–H groups in total. The lowest BCUT2D eigenvalue weighted by Gasteiger charge is -2.49. The summed E-state index contributed by atoms with van der Waals surface area (Å²) in [5, 5.41) is 21.6. The zero-order chi connectivity index (χ0) is 20.5. The van der Waals surface area contributed by atoms with Crippen molar-refractivity contribution in [2.45, 2.75) is 63.6 Å². The van der Waals surface area contributed by atoms with Crippen molar-refractivity contribution in [3.05, 3.63) is 30.5 Å². The molecule has 1 unspecified atom stereocenters. The van der Waals surface area contributed by atoms with Crippen LogP contribution in [0.5, 0.6) is 5.75 Å². The number of fused-ring (bicyclic) bond motifs is 3. The summed E-state index contributed by atoms with van der Waals surface area (Å²) < 4.78 is 1.90. The molecule has 4 fully saturated rings. The Kier molecular flexibility index (Phi) is 5.46. The molecule has 0 radical (unpaired) electrons. The smallest absolute Gasteiger partial charge is 0.224 e. The fourth-order valence-electron chi connectivity index (χ4n) is 5.58. The zero-order valence-electron chi connectivity index (χ0n) is 17.4. The first-order chi connectivity index (χ1) is 14.7. The van der Waals surface area contributed by atoms with E-state index in [1.165, 1.54) is 19.3 Å². The second-order valence-electron chi connectivity index (χ2n) is 9.26. The summed E-state index contributed by atoms with van der Waals surface area (Å²) in [5.74, 6) is 1.12. The van der Waals surface area contributed by atoms with Crippen LogP contribution in [0.1, 0.15) is 44.9 Å². The van der Waals surface area contributed by atoms with Crippen molar-refractivity contribution >= 4 is 5.91 Å². The normalized spacial score (nSPS) is 29.1. The second kappa shape index (κ2) is 8.38. The maximum Gasteiger partial charge on any atom is 0.224 e. The number of benzene rings is 1. The number of hydrogen-bond donors (Lipinski definition) is 2. The summed E-state index contributed by atoms with van der Waals surface area (Å²) in [4.78, 5) is 15.4. The number of aromatic nitrogens is 3. The molecule has 4 atom stereocenters. The van der Waals surface area contributed by atoms with Crippen LogP contribution in [-0.2, 0) is 11.3 Å². The summed E-state index contributed by atoms with van der Waals surface area (Å²) in [6.45, 7) is 2.72. The molecular weight excluding hydrogens is 378 g/mol. The van der Waals surface area contributed by atoms with E-state index in [0.717, 1.165) is 56.6 Å². The fraction of sp³-hybridized carbons (Fsp3) is 0.609. The summed E-state index contributed by atoms with van der Waals surface area (Å²) >= 11 is 0. The predicted molar refractivity (Wildman–Crippen MR) is 114 cm³/mol. The van der Waals surface area contributed by atoms with Gasteiger partial charge in [-0.2, -0.15) is 0 Å². The average Bonchev–Trinajstić information content (AvgIpc) is 3.23. The number of carbonyl (C=O) groups excluding carboxylic acids is 1. The Labute approximate surface area is 177 Å². The van der Waals surface area contributed by atoms with E-state index in [2.05, 4.69) is 20.5 Å². The second-order valence-corrected chi connectivity index (χ2v) is 9.26. The quantitative estimate of drug-likeness (QED) is 0.793. The molecule has 1 saturated carbocycles. The molecule has 1 aromatic carbocycles. The standard InChI is InChI=1S/C23H31N5O2/c29-20-8-4-5-17(12-20)22-15-28(26-25-22)13-19-11-16-9-10-27(19)14-21(16)23(30)24-18-6-2-1-3-7-18/h4-5,8,12,15-16,18-19,21,29H,1-3,6-7,9-11,13-14H2,(H,24,30)/t16-,19-,21+/m1/s1. The van der Waals surface area contributed by atoms with Crippen molar-refractivity contribution in [2.24, 2.45) is 11.8 Å². The van der Waals surface area contributed by atoms with Gasteiger partial charge in [0.2, 0.25) is 5.91 Å². The van der Waals surface area contributed by atoms with Crippen molar-refractivity contribution in [3.63, 3.8) is 0 Å². The molecule has 4 aliphatic rings. The van der Waals surface area contributed by atoms with E-state index in [1.54, 1.807) is 12.1 Å². The van der Waals surface area contributed by atoms with E-state index in [0.29, 0.717) is 18.0 Å². The molecule has 2 bridgehead atoms. The van der Waals surface area contributed by atoms with Gasteiger partial charge in [-0.15, -0.1) is 5.10 Å². The van der Waals surface area contributed by atoms with Crippen LogP contribution in [0.25, 0.3) is 11.3 Å². The molecule has 30 heavy (non-hydrogen) atoms. The van der Waals surface area contributed by atoms with Gasteiger partial charge < -0.3 is 10.4 Å². The van der Waals surface area contributed by atoms with Crippen LogP contribution >= 0.6 is 0 Å². The van der Waals surface area contributed by atoms with E-state index in [1.807, 2.05) is 23.0 Å². The first-order valence-electron chi connectivity index (χ1n) is 11.4. The summed E-state index contributed by atoms with van der Waals surface area (Å²) in [7, 11) is 0. The maximum absolute atomic E-state index is 12.9. The highest BCUT2D eigenvalue weighted by atomic mass is 16.3. The van der Waals surface area contributed by atoms with Crippen molar-refractivity contribution in [2.75, 3.05) is 13.1 Å².